The molecule has 1 aromatic heterocycles. The molecule has 0 aliphatic carbocycles. The van der Waals surface area contributed by atoms with Crippen molar-refractivity contribution in [2.24, 2.45) is 0 Å². The van der Waals surface area contributed by atoms with Crippen molar-refractivity contribution in [3.63, 3.8) is 0 Å². The third-order valence-electron chi connectivity index (χ3n) is 3.39. The van der Waals surface area contributed by atoms with E-state index >= 15 is 0 Å². The Morgan fingerprint density at radius 1 is 1.68 bits per heavy atom. The summed E-state index contributed by atoms with van der Waals surface area (Å²) in [5.74, 6) is -1.05. The maximum atomic E-state index is 12.0. The van der Waals surface area contributed by atoms with Gasteiger partial charge < -0.3 is 20.3 Å². The summed E-state index contributed by atoms with van der Waals surface area (Å²) in [5, 5.41) is 11.7. The molecular weight excluding hydrogens is 248 g/mol. The summed E-state index contributed by atoms with van der Waals surface area (Å²) in [5.41, 5.74) is 0.683. The van der Waals surface area contributed by atoms with Gasteiger partial charge in [0, 0.05) is 30.9 Å². The largest absolute Gasteiger partial charge is 0.480 e. The number of hydrogen-bond acceptors (Lipinski definition) is 3. The van der Waals surface area contributed by atoms with Gasteiger partial charge in [0.05, 0.1) is 6.33 Å². The Morgan fingerprint density at radius 3 is 3.00 bits per heavy atom. The molecule has 0 spiro atoms. The van der Waals surface area contributed by atoms with Crippen LogP contribution in [0.1, 0.15) is 25.5 Å². The molecule has 0 aromatic carbocycles. The van der Waals surface area contributed by atoms with Crippen LogP contribution in [0.4, 0.5) is 4.79 Å². The number of likely N-dealkylation sites (tertiary alicyclic amines) is 1. The van der Waals surface area contributed by atoms with Crippen LogP contribution in [0.3, 0.4) is 0 Å². The number of imidazole rings is 1. The number of aliphatic carboxylic acids is 1. The van der Waals surface area contributed by atoms with Gasteiger partial charge in [0.25, 0.3) is 0 Å². The second-order valence-electron chi connectivity index (χ2n) is 4.81. The van der Waals surface area contributed by atoms with Crippen LogP contribution in [-0.4, -0.2) is 50.6 Å². The maximum absolute atomic E-state index is 12.0. The van der Waals surface area contributed by atoms with Gasteiger partial charge >= 0.3 is 12.0 Å². The smallest absolute Gasteiger partial charge is 0.326 e. The minimum absolute atomic E-state index is 0.168. The summed E-state index contributed by atoms with van der Waals surface area (Å²) in [6, 6.07) is -1.08. The van der Waals surface area contributed by atoms with Crippen LogP contribution in [-0.2, 0) is 11.2 Å². The summed E-state index contributed by atoms with van der Waals surface area (Å²) in [6.07, 6.45) is 5.17. The number of H-pyrrole nitrogens is 1. The summed E-state index contributed by atoms with van der Waals surface area (Å²) in [4.78, 5) is 31.6. The molecule has 0 radical (unpaired) electrons. The van der Waals surface area contributed by atoms with Crippen LogP contribution in [0.15, 0.2) is 12.5 Å². The Balaban J connectivity index is 1.96. The zero-order valence-electron chi connectivity index (χ0n) is 10.8. The van der Waals surface area contributed by atoms with E-state index in [1.165, 1.54) is 6.33 Å². The number of urea groups is 1. The summed E-state index contributed by atoms with van der Waals surface area (Å²) >= 11 is 0. The molecule has 19 heavy (non-hydrogen) atoms. The van der Waals surface area contributed by atoms with Crippen molar-refractivity contribution in [1.29, 1.82) is 0 Å². The summed E-state index contributed by atoms with van der Waals surface area (Å²) < 4.78 is 0. The molecule has 0 bridgehead atoms. The lowest BCUT2D eigenvalue weighted by Crippen LogP contribution is -2.49. The molecular formula is C12H18N4O3. The van der Waals surface area contributed by atoms with Gasteiger partial charge in [-0.25, -0.2) is 14.6 Å². The van der Waals surface area contributed by atoms with E-state index in [9.17, 15) is 9.59 Å². The second kappa shape index (κ2) is 5.73. The van der Waals surface area contributed by atoms with Gasteiger partial charge in [-0.1, -0.05) is 0 Å². The zero-order chi connectivity index (χ0) is 13.8. The van der Waals surface area contributed by atoms with Crippen molar-refractivity contribution in [1.82, 2.24) is 20.2 Å². The number of nitrogens with one attached hydrogen (secondary N) is 2. The lowest BCUT2D eigenvalue weighted by molar-refractivity contribution is -0.139. The minimum atomic E-state index is -1.05. The minimum Gasteiger partial charge on any atom is -0.480 e. The average molecular weight is 266 g/mol. The van der Waals surface area contributed by atoms with Gasteiger partial charge in [-0.05, 0) is 19.8 Å². The quantitative estimate of drug-likeness (QED) is 0.743. The van der Waals surface area contributed by atoms with E-state index in [-0.39, 0.29) is 18.5 Å². The van der Waals surface area contributed by atoms with E-state index in [0.29, 0.717) is 12.2 Å². The number of carbonyl (C=O) groups excluding carboxylic acids is 1. The number of nitrogens with zero attached hydrogens (tertiary/aromatic N) is 2. The molecule has 1 unspecified atom stereocenters. The highest BCUT2D eigenvalue weighted by Gasteiger charge is 2.29. The fourth-order valence-corrected chi connectivity index (χ4v) is 2.28. The summed E-state index contributed by atoms with van der Waals surface area (Å²) in [6.45, 7) is 2.65. The van der Waals surface area contributed by atoms with E-state index in [0.717, 1.165) is 12.8 Å². The van der Waals surface area contributed by atoms with Crippen molar-refractivity contribution in [3.05, 3.63) is 18.2 Å². The second-order valence-corrected chi connectivity index (χ2v) is 4.81. The lowest BCUT2D eigenvalue weighted by Gasteiger charge is -2.24. The Labute approximate surface area is 111 Å². The lowest BCUT2D eigenvalue weighted by atomic mass is 10.1. The first-order chi connectivity index (χ1) is 9.08. The van der Waals surface area contributed by atoms with Crippen LogP contribution >= 0.6 is 0 Å². The molecule has 7 nitrogen and oxygen atoms in total. The molecule has 1 saturated heterocycles. The van der Waals surface area contributed by atoms with Gasteiger partial charge in [-0.3, -0.25) is 0 Å². The number of carboxylic acid groups (broad SMARTS) is 1. The third kappa shape index (κ3) is 3.24. The van der Waals surface area contributed by atoms with Crippen molar-refractivity contribution >= 4 is 12.0 Å². The topological polar surface area (TPSA) is 98.3 Å². The first kappa shape index (κ1) is 13.4. The highest BCUT2D eigenvalue weighted by molar-refractivity contribution is 5.83. The van der Waals surface area contributed by atoms with Crippen molar-refractivity contribution in [2.75, 3.05) is 6.54 Å². The zero-order valence-corrected chi connectivity index (χ0v) is 10.8. The maximum Gasteiger partial charge on any atom is 0.326 e. The van der Waals surface area contributed by atoms with Crippen LogP contribution in [0, 0.1) is 0 Å². The van der Waals surface area contributed by atoms with Gasteiger partial charge in [0.15, 0.2) is 0 Å². The number of amides is 2. The van der Waals surface area contributed by atoms with Gasteiger partial charge in [0.1, 0.15) is 6.04 Å². The van der Waals surface area contributed by atoms with Crippen LogP contribution in [0.2, 0.25) is 0 Å². The van der Waals surface area contributed by atoms with E-state index in [4.69, 9.17) is 5.11 Å². The van der Waals surface area contributed by atoms with E-state index in [1.807, 2.05) is 6.92 Å². The first-order valence-corrected chi connectivity index (χ1v) is 6.35. The van der Waals surface area contributed by atoms with E-state index < -0.39 is 12.0 Å². The number of carbonyl (C=O) groups is 2. The Kier molecular flexibility index (Phi) is 4.03. The molecule has 1 aromatic rings. The van der Waals surface area contributed by atoms with Gasteiger partial charge in [-0.2, -0.15) is 0 Å². The molecule has 1 aliphatic rings. The predicted octanol–water partition coefficient (Wildman–Crippen LogP) is 0.599. The molecule has 2 atom stereocenters. The third-order valence-corrected chi connectivity index (χ3v) is 3.39. The van der Waals surface area contributed by atoms with Crippen molar-refractivity contribution < 1.29 is 14.7 Å². The normalized spacial score (nSPS) is 20.3. The molecule has 1 fully saturated rings. The fourth-order valence-electron chi connectivity index (χ4n) is 2.28. The number of aromatic nitrogens is 2. The van der Waals surface area contributed by atoms with E-state index in [1.54, 1.807) is 11.1 Å². The highest BCUT2D eigenvalue weighted by atomic mass is 16.4. The number of aromatic amines is 1. The van der Waals surface area contributed by atoms with Crippen LogP contribution in [0.5, 0.6) is 0 Å². The first-order valence-electron chi connectivity index (χ1n) is 6.35. The van der Waals surface area contributed by atoms with Gasteiger partial charge in [0.2, 0.25) is 0 Å². The Hall–Kier alpha value is -2.05. The molecule has 104 valence electrons. The molecule has 3 N–H and O–H groups in total. The van der Waals surface area contributed by atoms with E-state index in [2.05, 4.69) is 15.3 Å². The highest BCUT2D eigenvalue weighted by Crippen LogP contribution is 2.16. The molecule has 2 heterocycles. The molecule has 2 rings (SSSR count). The number of carboxylic acids is 1. The molecule has 7 heteroatoms. The standard InChI is InChI=1S/C12H18N4O3/c1-8-3-2-4-16(8)12(19)15-10(11(17)18)5-9-6-13-7-14-9/h6-8,10H,2-5H2,1H3,(H,13,14)(H,15,19)(H,17,18)/t8?,10-/m1/s1. The fraction of sp³-hybridized carbons (Fsp3) is 0.583. The van der Waals surface area contributed by atoms with Crippen LogP contribution < -0.4 is 5.32 Å². The van der Waals surface area contributed by atoms with Crippen LogP contribution in [0.25, 0.3) is 0 Å². The SMILES string of the molecule is CC1CCCN1C(=O)N[C@H](Cc1cnc[nH]1)C(=O)O. The predicted molar refractivity (Wildman–Crippen MR) is 67.6 cm³/mol. The molecule has 2 amide bonds. The molecule has 1 aliphatic heterocycles. The number of rotatable bonds is 4. The van der Waals surface area contributed by atoms with Crippen molar-refractivity contribution in [3.8, 4) is 0 Å². The number of hydrogen-bond donors (Lipinski definition) is 3. The molecule has 0 saturated carbocycles. The summed E-state index contributed by atoms with van der Waals surface area (Å²) in [7, 11) is 0. The monoisotopic (exact) mass is 266 g/mol. The Bertz CT molecular complexity index is 446. The average Bonchev–Trinajstić information content (AvgIpc) is 2.99. The van der Waals surface area contributed by atoms with Gasteiger partial charge in [-0.15, -0.1) is 0 Å². The van der Waals surface area contributed by atoms with Crippen molar-refractivity contribution in [2.45, 2.75) is 38.3 Å². The Morgan fingerprint density at radius 2 is 2.47 bits per heavy atom.